The van der Waals surface area contributed by atoms with E-state index in [0.29, 0.717) is 13.1 Å². The largest absolute Gasteiger partial charge is 0.416 e. The Bertz CT molecular complexity index is 473. The zero-order chi connectivity index (χ0) is 14.0. The number of alkyl halides is 3. The van der Waals surface area contributed by atoms with Gasteiger partial charge in [0, 0.05) is 24.7 Å². The number of rotatable bonds is 3. The third-order valence-electron chi connectivity index (χ3n) is 3.19. The van der Waals surface area contributed by atoms with Crippen molar-refractivity contribution in [1.82, 2.24) is 4.90 Å². The topological polar surface area (TPSA) is 46.3 Å². The lowest BCUT2D eigenvalue weighted by Crippen LogP contribution is -2.31. The van der Waals surface area contributed by atoms with Crippen LogP contribution in [-0.4, -0.2) is 36.4 Å². The third kappa shape index (κ3) is 3.54. The highest BCUT2D eigenvalue weighted by Crippen LogP contribution is 2.29. The summed E-state index contributed by atoms with van der Waals surface area (Å²) >= 11 is 0. The molecule has 0 aromatic heterocycles. The van der Waals surface area contributed by atoms with Gasteiger partial charge in [0.05, 0.1) is 12.1 Å². The molecule has 1 unspecified atom stereocenters. The molecule has 0 saturated carbocycles. The lowest BCUT2D eigenvalue weighted by Gasteiger charge is -2.14. The Balaban J connectivity index is 2.07. The maximum absolute atomic E-state index is 12.5. The summed E-state index contributed by atoms with van der Waals surface area (Å²) in [5.41, 5.74) is 5.02. The molecule has 3 nitrogen and oxygen atoms in total. The van der Waals surface area contributed by atoms with Crippen LogP contribution in [-0.2, 0) is 6.18 Å². The molecular formula is C13H15F3N2O. The van der Waals surface area contributed by atoms with E-state index in [2.05, 4.69) is 0 Å². The van der Waals surface area contributed by atoms with Crippen molar-refractivity contribution in [3.8, 4) is 0 Å². The molecule has 1 fully saturated rings. The first kappa shape index (κ1) is 14.0. The molecule has 2 N–H and O–H groups in total. The Labute approximate surface area is 109 Å². The van der Waals surface area contributed by atoms with Crippen LogP contribution in [0.5, 0.6) is 0 Å². The quantitative estimate of drug-likeness (QED) is 0.855. The van der Waals surface area contributed by atoms with Gasteiger partial charge in [0.2, 0.25) is 0 Å². The number of nitrogens with two attached hydrogens (primary N) is 1. The molecule has 0 bridgehead atoms. The van der Waals surface area contributed by atoms with E-state index in [1.807, 2.05) is 4.90 Å². The average Bonchev–Trinajstić information content (AvgIpc) is 2.74. The van der Waals surface area contributed by atoms with Crippen LogP contribution >= 0.6 is 0 Å². The average molecular weight is 272 g/mol. The van der Waals surface area contributed by atoms with Crippen LogP contribution in [0.15, 0.2) is 24.3 Å². The van der Waals surface area contributed by atoms with E-state index in [1.54, 1.807) is 0 Å². The maximum Gasteiger partial charge on any atom is 0.416 e. The predicted molar refractivity (Wildman–Crippen MR) is 64.8 cm³/mol. The monoisotopic (exact) mass is 272 g/mol. The number of hydrogen-bond donors (Lipinski definition) is 1. The molecule has 1 aromatic rings. The first-order chi connectivity index (χ1) is 8.86. The molecule has 2 rings (SSSR count). The second-order valence-corrected chi connectivity index (χ2v) is 4.79. The molecule has 0 spiro atoms. The van der Waals surface area contributed by atoms with Crippen molar-refractivity contribution in [3.63, 3.8) is 0 Å². The van der Waals surface area contributed by atoms with E-state index in [-0.39, 0.29) is 23.9 Å². The minimum Gasteiger partial charge on any atom is -0.326 e. The van der Waals surface area contributed by atoms with Crippen molar-refractivity contribution < 1.29 is 18.0 Å². The Kier molecular flexibility index (Phi) is 3.91. The lowest BCUT2D eigenvalue weighted by atomic mass is 10.1. The molecule has 1 aliphatic heterocycles. The van der Waals surface area contributed by atoms with Gasteiger partial charge in [0.15, 0.2) is 5.78 Å². The van der Waals surface area contributed by atoms with Crippen LogP contribution in [0, 0.1) is 0 Å². The van der Waals surface area contributed by atoms with Crippen molar-refractivity contribution in [2.75, 3.05) is 19.6 Å². The summed E-state index contributed by atoms with van der Waals surface area (Å²) in [6.07, 6.45) is -3.61. The lowest BCUT2D eigenvalue weighted by molar-refractivity contribution is -0.137. The van der Waals surface area contributed by atoms with E-state index in [4.69, 9.17) is 5.73 Å². The Morgan fingerprint density at radius 2 is 2.16 bits per heavy atom. The number of halogens is 3. The summed E-state index contributed by atoms with van der Waals surface area (Å²) in [7, 11) is 0. The van der Waals surface area contributed by atoms with E-state index in [1.165, 1.54) is 12.1 Å². The molecular weight excluding hydrogens is 257 g/mol. The normalized spacial score (nSPS) is 20.7. The first-order valence-electron chi connectivity index (χ1n) is 6.04. The molecule has 6 heteroatoms. The number of benzene rings is 1. The van der Waals surface area contributed by atoms with Gasteiger partial charge in [-0.05, 0) is 18.6 Å². The van der Waals surface area contributed by atoms with Gasteiger partial charge in [-0.15, -0.1) is 0 Å². The molecule has 0 aliphatic carbocycles. The number of carbonyl (C=O) groups excluding carboxylic acids is 1. The van der Waals surface area contributed by atoms with Gasteiger partial charge in [-0.1, -0.05) is 12.1 Å². The molecule has 0 radical (unpaired) electrons. The minimum atomic E-state index is -4.42. The molecule has 0 amide bonds. The molecule has 104 valence electrons. The molecule has 19 heavy (non-hydrogen) atoms. The van der Waals surface area contributed by atoms with Crippen LogP contribution in [0.1, 0.15) is 22.3 Å². The van der Waals surface area contributed by atoms with Crippen LogP contribution in [0.2, 0.25) is 0 Å². The number of nitrogens with zero attached hydrogens (tertiary/aromatic N) is 1. The van der Waals surface area contributed by atoms with Gasteiger partial charge in [-0.3, -0.25) is 9.69 Å². The van der Waals surface area contributed by atoms with Gasteiger partial charge in [-0.25, -0.2) is 0 Å². The van der Waals surface area contributed by atoms with Gasteiger partial charge >= 0.3 is 6.18 Å². The number of Topliss-reactive ketones (excluding diaryl/α,β-unsaturated/α-hetero) is 1. The standard InChI is InChI=1S/C13H15F3N2O/c14-13(15,16)10-3-1-2-9(6-10)12(19)8-18-5-4-11(17)7-18/h1-3,6,11H,4-5,7-8,17H2. The number of carbonyl (C=O) groups is 1. The van der Waals surface area contributed by atoms with Crippen LogP contribution in [0.25, 0.3) is 0 Å². The molecule has 1 atom stereocenters. The van der Waals surface area contributed by atoms with Gasteiger partial charge in [0.1, 0.15) is 0 Å². The van der Waals surface area contributed by atoms with Crippen LogP contribution < -0.4 is 5.73 Å². The molecule has 1 aliphatic rings. The van der Waals surface area contributed by atoms with Gasteiger partial charge in [0.25, 0.3) is 0 Å². The second-order valence-electron chi connectivity index (χ2n) is 4.79. The summed E-state index contributed by atoms with van der Waals surface area (Å²) in [5.74, 6) is -0.305. The zero-order valence-electron chi connectivity index (χ0n) is 10.3. The highest BCUT2D eigenvalue weighted by molar-refractivity contribution is 5.97. The van der Waals surface area contributed by atoms with Crippen LogP contribution in [0.3, 0.4) is 0 Å². The third-order valence-corrected chi connectivity index (χ3v) is 3.19. The van der Waals surface area contributed by atoms with Crippen molar-refractivity contribution in [2.24, 2.45) is 5.73 Å². The fourth-order valence-corrected chi connectivity index (χ4v) is 2.17. The molecule has 1 aromatic carbocycles. The van der Waals surface area contributed by atoms with E-state index in [0.717, 1.165) is 18.6 Å². The van der Waals surface area contributed by atoms with Crippen molar-refractivity contribution in [3.05, 3.63) is 35.4 Å². The van der Waals surface area contributed by atoms with E-state index < -0.39 is 11.7 Å². The Morgan fingerprint density at radius 1 is 1.42 bits per heavy atom. The van der Waals surface area contributed by atoms with Crippen molar-refractivity contribution >= 4 is 5.78 Å². The number of hydrogen-bond acceptors (Lipinski definition) is 3. The van der Waals surface area contributed by atoms with Crippen molar-refractivity contribution in [2.45, 2.75) is 18.6 Å². The molecule has 1 heterocycles. The number of likely N-dealkylation sites (tertiary alicyclic amines) is 1. The number of ketones is 1. The smallest absolute Gasteiger partial charge is 0.326 e. The minimum absolute atomic E-state index is 0.0503. The zero-order valence-corrected chi connectivity index (χ0v) is 10.3. The maximum atomic E-state index is 12.5. The van der Waals surface area contributed by atoms with E-state index in [9.17, 15) is 18.0 Å². The highest BCUT2D eigenvalue weighted by Gasteiger charge is 2.31. The fraction of sp³-hybridized carbons (Fsp3) is 0.462. The highest BCUT2D eigenvalue weighted by atomic mass is 19.4. The van der Waals surface area contributed by atoms with Gasteiger partial charge < -0.3 is 5.73 Å². The Hall–Kier alpha value is -1.40. The SMILES string of the molecule is NC1CCN(CC(=O)c2cccc(C(F)(F)F)c2)C1. The summed E-state index contributed by atoms with van der Waals surface area (Å²) < 4.78 is 37.6. The van der Waals surface area contributed by atoms with Crippen molar-refractivity contribution in [1.29, 1.82) is 0 Å². The fourth-order valence-electron chi connectivity index (χ4n) is 2.17. The summed E-state index contributed by atoms with van der Waals surface area (Å²) in [6, 6.07) is 4.58. The first-order valence-corrected chi connectivity index (χ1v) is 6.04. The predicted octanol–water partition coefficient (Wildman–Crippen LogP) is 1.92. The summed E-state index contributed by atoms with van der Waals surface area (Å²) in [4.78, 5) is 13.8. The van der Waals surface area contributed by atoms with E-state index >= 15 is 0 Å². The Morgan fingerprint density at radius 3 is 2.74 bits per heavy atom. The summed E-state index contributed by atoms with van der Waals surface area (Å²) in [6.45, 7) is 1.45. The van der Waals surface area contributed by atoms with Crippen LogP contribution in [0.4, 0.5) is 13.2 Å². The summed E-state index contributed by atoms with van der Waals surface area (Å²) in [5, 5.41) is 0. The second kappa shape index (κ2) is 5.30. The molecule has 1 saturated heterocycles. The van der Waals surface area contributed by atoms with Gasteiger partial charge in [-0.2, -0.15) is 13.2 Å².